The minimum Gasteiger partial charge on any atom is -0.497 e. The normalized spacial score (nSPS) is 12.5. The van der Waals surface area contributed by atoms with Crippen LogP contribution in [-0.2, 0) is 10.0 Å². The second-order valence-corrected chi connectivity index (χ2v) is 6.64. The van der Waals surface area contributed by atoms with Crippen molar-refractivity contribution in [3.05, 3.63) is 53.7 Å². The van der Waals surface area contributed by atoms with E-state index in [9.17, 15) is 13.2 Å². The summed E-state index contributed by atoms with van der Waals surface area (Å²) in [5.74, 6) is 0.330. The fraction of sp³-hybridized carbons (Fsp3) is 0.250. The molecule has 0 spiro atoms. The molecule has 1 heterocycles. The Hall–Kier alpha value is -2.45. The predicted molar refractivity (Wildman–Crippen MR) is 89.1 cm³/mol. The molecule has 0 aliphatic carbocycles. The lowest BCUT2D eigenvalue weighted by Gasteiger charge is -2.18. The standard InChI is InChI=1S/C16H19N3O4S/c1-3-14(11-4-6-13(23-2)7-5-11)19-16(20)12-8-9-18-15(10-12)24(17,21)22/h4-10,14H,3H2,1-2H3,(H,19,20)(H2,17,21,22)/t14-/m0/s1. The number of amides is 1. The Labute approximate surface area is 140 Å². The number of hydrogen-bond acceptors (Lipinski definition) is 5. The monoisotopic (exact) mass is 349 g/mol. The maximum atomic E-state index is 12.4. The Balaban J connectivity index is 2.20. The maximum absolute atomic E-state index is 12.4. The van der Waals surface area contributed by atoms with E-state index in [1.54, 1.807) is 7.11 Å². The van der Waals surface area contributed by atoms with Crippen LogP contribution in [0.1, 0.15) is 35.3 Å². The van der Waals surface area contributed by atoms with E-state index < -0.39 is 15.9 Å². The van der Waals surface area contributed by atoms with Gasteiger partial charge in [0, 0.05) is 11.8 Å². The van der Waals surface area contributed by atoms with E-state index in [4.69, 9.17) is 9.88 Å². The summed E-state index contributed by atoms with van der Waals surface area (Å²) in [5.41, 5.74) is 1.10. The van der Waals surface area contributed by atoms with Gasteiger partial charge in [-0.2, -0.15) is 0 Å². The SMILES string of the molecule is CC[C@H](NC(=O)c1ccnc(S(N)(=O)=O)c1)c1ccc(OC)cc1. The summed E-state index contributed by atoms with van der Waals surface area (Å²) >= 11 is 0. The van der Waals surface area contributed by atoms with E-state index in [0.717, 1.165) is 17.4 Å². The largest absolute Gasteiger partial charge is 0.497 e. The van der Waals surface area contributed by atoms with Crippen LogP contribution in [0.25, 0.3) is 0 Å². The fourth-order valence-corrected chi connectivity index (χ4v) is 2.70. The number of aromatic nitrogens is 1. The molecule has 1 atom stereocenters. The molecule has 1 aromatic heterocycles. The molecule has 0 fully saturated rings. The highest BCUT2D eigenvalue weighted by Crippen LogP contribution is 2.20. The highest BCUT2D eigenvalue weighted by Gasteiger charge is 2.17. The zero-order valence-corrected chi connectivity index (χ0v) is 14.2. The topological polar surface area (TPSA) is 111 Å². The van der Waals surface area contributed by atoms with Gasteiger partial charge in [0.2, 0.25) is 0 Å². The third-order valence-corrected chi connectivity index (χ3v) is 4.33. The van der Waals surface area contributed by atoms with Crippen molar-refractivity contribution in [2.24, 2.45) is 5.14 Å². The van der Waals surface area contributed by atoms with Gasteiger partial charge in [-0.1, -0.05) is 19.1 Å². The molecule has 2 aromatic rings. The summed E-state index contributed by atoms with van der Waals surface area (Å²) in [7, 11) is -2.37. The summed E-state index contributed by atoms with van der Waals surface area (Å²) in [5, 5.41) is 7.57. The zero-order valence-electron chi connectivity index (χ0n) is 13.4. The first kappa shape index (κ1) is 17.9. The molecule has 0 bridgehead atoms. The van der Waals surface area contributed by atoms with E-state index in [0.29, 0.717) is 6.42 Å². The highest BCUT2D eigenvalue weighted by atomic mass is 32.2. The minimum atomic E-state index is -3.96. The van der Waals surface area contributed by atoms with Gasteiger partial charge in [0.05, 0.1) is 13.2 Å². The van der Waals surface area contributed by atoms with Crippen LogP contribution in [0, 0.1) is 0 Å². The number of nitrogens with one attached hydrogen (secondary N) is 1. The molecule has 24 heavy (non-hydrogen) atoms. The number of nitrogens with zero attached hydrogens (tertiary/aromatic N) is 1. The Morgan fingerprint density at radius 3 is 2.50 bits per heavy atom. The molecule has 3 N–H and O–H groups in total. The Kier molecular flexibility index (Phi) is 5.53. The van der Waals surface area contributed by atoms with Gasteiger partial charge in [-0.25, -0.2) is 18.5 Å². The van der Waals surface area contributed by atoms with Crippen LogP contribution in [0.15, 0.2) is 47.6 Å². The van der Waals surface area contributed by atoms with Gasteiger partial charge in [-0.3, -0.25) is 4.79 Å². The third kappa shape index (κ3) is 4.30. The minimum absolute atomic E-state index is 0.181. The number of rotatable bonds is 6. The number of carbonyl (C=O) groups excluding carboxylic acids is 1. The number of ether oxygens (including phenoxy) is 1. The second kappa shape index (κ2) is 7.41. The van der Waals surface area contributed by atoms with Crippen LogP contribution in [-0.4, -0.2) is 26.4 Å². The van der Waals surface area contributed by atoms with Crippen molar-refractivity contribution in [2.75, 3.05) is 7.11 Å². The van der Waals surface area contributed by atoms with Gasteiger partial charge in [-0.15, -0.1) is 0 Å². The van der Waals surface area contributed by atoms with Crippen molar-refractivity contribution in [3.63, 3.8) is 0 Å². The smallest absolute Gasteiger partial charge is 0.255 e. The Bertz CT molecular complexity index is 819. The van der Waals surface area contributed by atoms with Crippen molar-refractivity contribution in [1.82, 2.24) is 10.3 Å². The molecular formula is C16H19N3O4S. The van der Waals surface area contributed by atoms with Crippen LogP contribution >= 0.6 is 0 Å². The van der Waals surface area contributed by atoms with Crippen molar-refractivity contribution in [3.8, 4) is 5.75 Å². The van der Waals surface area contributed by atoms with E-state index >= 15 is 0 Å². The van der Waals surface area contributed by atoms with Gasteiger partial charge >= 0.3 is 0 Å². The lowest BCUT2D eigenvalue weighted by atomic mass is 10.0. The number of primary sulfonamides is 1. The molecule has 8 heteroatoms. The molecule has 128 valence electrons. The first-order valence-electron chi connectivity index (χ1n) is 7.28. The molecule has 1 amide bonds. The van der Waals surface area contributed by atoms with Crippen molar-refractivity contribution < 1.29 is 17.9 Å². The van der Waals surface area contributed by atoms with Crippen LogP contribution in [0.5, 0.6) is 5.75 Å². The Morgan fingerprint density at radius 2 is 1.96 bits per heavy atom. The molecular weight excluding hydrogens is 330 g/mol. The number of pyridine rings is 1. The number of benzene rings is 1. The summed E-state index contributed by atoms with van der Waals surface area (Å²) < 4.78 is 27.8. The van der Waals surface area contributed by atoms with Crippen LogP contribution < -0.4 is 15.2 Å². The molecule has 0 saturated heterocycles. The van der Waals surface area contributed by atoms with Gasteiger partial charge in [0.15, 0.2) is 5.03 Å². The molecule has 0 radical (unpaired) electrons. The lowest BCUT2D eigenvalue weighted by molar-refractivity contribution is 0.0935. The third-order valence-electron chi connectivity index (χ3n) is 3.52. The molecule has 0 aliphatic heterocycles. The van der Waals surface area contributed by atoms with Crippen molar-refractivity contribution in [1.29, 1.82) is 0 Å². The first-order chi connectivity index (χ1) is 11.3. The van der Waals surface area contributed by atoms with E-state index in [-0.39, 0.29) is 16.6 Å². The summed E-state index contributed by atoms with van der Waals surface area (Å²) in [6.45, 7) is 1.94. The number of nitrogens with two attached hydrogens (primary N) is 1. The quantitative estimate of drug-likeness (QED) is 0.823. The Morgan fingerprint density at radius 1 is 1.29 bits per heavy atom. The van der Waals surface area contributed by atoms with Gasteiger partial charge in [-0.05, 0) is 36.2 Å². The number of methoxy groups -OCH3 is 1. The van der Waals surface area contributed by atoms with E-state index in [1.165, 1.54) is 12.3 Å². The fourth-order valence-electron chi connectivity index (χ4n) is 2.21. The lowest BCUT2D eigenvalue weighted by Crippen LogP contribution is -2.28. The number of sulfonamides is 1. The average Bonchev–Trinajstić information content (AvgIpc) is 2.59. The molecule has 0 saturated carbocycles. The summed E-state index contributed by atoms with van der Waals surface area (Å²) in [6, 6.07) is 9.75. The maximum Gasteiger partial charge on any atom is 0.255 e. The van der Waals surface area contributed by atoms with Crippen LogP contribution in [0.2, 0.25) is 0 Å². The van der Waals surface area contributed by atoms with Crippen molar-refractivity contribution >= 4 is 15.9 Å². The van der Waals surface area contributed by atoms with Gasteiger partial charge in [0.1, 0.15) is 5.75 Å². The molecule has 1 aromatic carbocycles. The van der Waals surface area contributed by atoms with Crippen molar-refractivity contribution in [2.45, 2.75) is 24.4 Å². The molecule has 7 nitrogen and oxygen atoms in total. The van der Waals surface area contributed by atoms with Gasteiger partial charge in [0.25, 0.3) is 15.9 Å². The molecule has 0 aliphatic rings. The molecule has 2 rings (SSSR count). The van der Waals surface area contributed by atoms with E-state index in [1.807, 2.05) is 31.2 Å². The zero-order chi connectivity index (χ0) is 17.7. The number of carbonyl (C=O) groups is 1. The first-order valence-corrected chi connectivity index (χ1v) is 8.83. The second-order valence-electron chi connectivity index (χ2n) is 5.14. The highest BCUT2D eigenvalue weighted by molar-refractivity contribution is 7.89. The molecule has 0 unspecified atom stereocenters. The van der Waals surface area contributed by atoms with Gasteiger partial charge < -0.3 is 10.1 Å². The van der Waals surface area contributed by atoms with Crippen LogP contribution in [0.4, 0.5) is 0 Å². The predicted octanol–water partition coefficient (Wildman–Crippen LogP) is 1.62. The summed E-state index contributed by atoms with van der Waals surface area (Å²) in [6.07, 6.45) is 1.91. The average molecular weight is 349 g/mol. The number of hydrogen-bond donors (Lipinski definition) is 2. The van der Waals surface area contributed by atoms with E-state index in [2.05, 4.69) is 10.3 Å². The summed E-state index contributed by atoms with van der Waals surface area (Å²) in [4.78, 5) is 16.1. The van der Waals surface area contributed by atoms with Crippen LogP contribution in [0.3, 0.4) is 0 Å².